The molecule has 3 N–H and O–H groups in total. The van der Waals surface area contributed by atoms with Crippen molar-refractivity contribution in [2.24, 2.45) is 22.9 Å². The fourth-order valence-electron chi connectivity index (χ4n) is 9.37. The number of oxime groups is 1. The molecule has 2 amide bonds. The van der Waals surface area contributed by atoms with Crippen LogP contribution >= 0.6 is 0 Å². The molecule has 14 heteroatoms. The molecule has 1 heterocycles. The number of carbonyl (C=O) groups excluding carboxylic acids is 2. The molecule has 1 saturated carbocycles. The number of benzene rings is 3. The number of amides is 2. The van der Waals surface area contributed by atoms with Crippen LogP contribution in [-0.2, 0) is 20.9 Å². The van der Waals surface area contributed by atoms with Crippen LogP contribution in [0.4, 0.5) is 10.5 Å². The van der Waals surface area contributed by atoms with Crippen molar-refractivity contribution >= 4 is 29.5 Å². The number of nitro groups is 1. The van der Waals surface area contributed by atoms with E-state index in [9.17, 15) is 29.9 Å². The summed E-state index contributed by atoms with van der Waals surface area (Å²) in [4.78, 5) is 45.9. The molecule has 6 rings (SSSR count). The summed E-state index contributed by atoms with van der Waals surface area (Å²) in [5.41, 5.74) is 3.85. The van der Waals surface area contributed by atoms with Gasteiger partial charge in [-0.05, 0) is 97.0 Å². The highest BCUT2D eigenvalue weighted by Gasteiger charge is 2.65. The predicted molar refractivity (Wildman–Crippen MR) is 235 cm³/mol. The van der Waals surface area contributed by atoms with Gasteiger partial charge in [0, 0.05) is 62.4 Å². The molecule has 330 valence electrons. The quantitative estimate of drug-likeness (QED) is 0.0311. The van der Waals surface area contributed by atoms with Gasteiger partial charge in [-0.15, -0.1) is 6.58 Å². The van der Waals surface area contributed by atoms with Crippen LogP contribution in [0.25, 0.3) is 6.08 Å². The summed E-state index contributed by atoms with van der Waals surface area (Å²) < 4.78 is 20.1. The van der Waals surface area contributed by atoms with E-state index in [2.05, 4.69) is 23.1 Å². The number of non-ortho nitro benzene ring substituents is 1. The maximum absolute atomic E-state index is 14.6. The number of rotatable bonds is 21. The van der Waals surface area contributed by atoms with E-state index in [0.717, 1.165) is 42.4 Å². The molecule has 0 saturated heterocycles. The van der Waals surface area contributed by atoms with E-state index in [4.69, 9.17) is 19.0 Å². The van der Waals surface area contributed by atoms with Gasteiger partial charge < -0.3 is 39.5 Å². The van der Waals surface area contributed by atoms with Gasteiger partial charge in [0.1, 0.15) is 24.7 Å². The Morgan fingerprint density at radius 1 is 1.05 bits per heavy atom. The molecular weight excluding hydrogens is 793 g/mol. The van der Waals surface area contributed by atoms with E-state index in [1.54, 1.807) is 41.3 Å². The number of hydrogen-bond acceptors (Lipinski definition) is 11. The van der Waals surface area contributed by atoms with Crippen LogP contribution in [-0.4, -0.2) is 83.1 Å². The summed E-state index contributed by atoms with van der Waals surface area (Å²) in [5, 5.41) is 38.5. The number of aliphatic hydroxyl groups is 2. The standard InChI is InChI=1S/C48H58N4O10/c1-4-25-51(44(55)24-19-33-17-20-36(21-18-33)52(57)58)43-31-41(50-59-3)39-29-35(15-9-11-26-53)38(16-10-12-27-54)45-40-30-37(61-47(56)49-32-34-13-7-6-8-14-34)22-23-42(40)62-48(43,46(39)45)60-28-5-2/h5-8,13-14,17-24,29-30,35,38,43,45-46,53-54H,2,4,9-12,15-16,25-28,31-32H2,1,3H3,(H,49,56)/t35-,38+,43-,45+,46+,48+/m0/s1. The lowest BCUT2D eigenvalue weighted by molar-refractivity contribution is -0.384. The Kier molecular flexibility index (Phi) is 16.1. The Morgan fingerprint density at radius 3 is 2.47 bits per heavy atom. The van der Waals surface area contributed by atoms with Crippen LogP contribution in [0.2, 0.25) is 0 Å². The maximum atomic E-state index is 14.6. The number of aliphatic hydroxyl groups excluding tert-OH is 2. The van der Waals surface area contributed by atoms with E-state index in [1.165, 1.54) is 25.3 Å². The summed E-state index contributed by atoms with van der Waals surface area (Å²) in [6.45, 7) is 6.83. The predicted octanol–water partition coefficient (Wildman–Crippen LogP) is 8.10. The largest absolute Gasteiger partial charge is 0.459 e. The number of allylic oxidation sites excluding steroid dienone is 1. The molecule has 0 unspecified atom stereocenters. The summed E-state index contributed by atoms with van der Waals surface area (Å²) in [6.07, 6.45) is 11.6. The second-order valence-corrected chi connectivity index (χ2v) is 15.9. The van der Waals surface area contributed by atoms with Gasteiger partial charge in [0.25, 0.3) is 5.69 Å². The molecule has 2 aliphatic carbocycles. The molecular formula is C48H58N4O10. The fraction of sp³-hybridized carbons (Fsp3) is 0.438. The number of carbonyl (C=O) groups is 2. The highest BCUT2D eigenvalue weighted by molar-refractivity contribution is 6.03. The Balaban J connectivity index is 1.49. The fourth-order valence-corrected chi connectivity index (χ4v) is 9.37. The number of fused-ring (bicyclic) bond motifs is 2. The van der Waals surface area contributed by atoms with Crippen molar-refractivity contribution < 1.29 is 43.8 Å². The van der Waals surface area contributed by atoms with Crippen LogP contribution < -0.4 is 14.8 Å². The van der Waals surface area contributed by atoms with Crippen molar-refractivity contribution in [2.75, 3.05) is 33.5 Å². The van der Waals surface area contributed by atoms with Crippen molar-refractivity contribution in [2.45, 2.75) is 82.6 Å². The molecule has 62 heavy (non-hydrogen) atoms. The number of nitrogens with zero attached hydrogens (tertiary/aromatic N) is 3. The van der Waals surface area contributed by atoms with Crippen molar-refractivity contribution in [3.05, 3.63) is 130 Å². The summed E-state index contributed by atoms with van der Waals surface area (Å²) in [5.74, 6) is -1.76. The lowest BCUT2D eigenvalue weighted by Crippen LogP contribution is -2.70. The van der Waals surface area contributed by atoms with E-state index in [0.29, 0.717) is 48.6 Å². The molecule has 1 fully saturated rings. The molecule has 3 aromatic rings. The molecule has 3 aromatic carbocycles. The number of unbranched alkanes of at least 4 members (excludes halogenated alkanes) is 2. The number of nitro benzene ring substituents is 1. The minimum atomic E-state index is -1.46. The third kappa shape index (κ3) is 10.4. The number of ether oxygens (including phenoxy) is 3. The minimum Gasteiger partial charge on any atom is -0.459 e. The Hall–Kier alpha value is -5.83. The second-order valence-electron chi connectivity index (χ2n) is 15.9. The molecule has 0 aromatic heterocycles. The van der Waals surface area contributed by atoms with Crippen molar-refractivity contribution in [1.29, 1.82) is 0 Å². The highest BCUT2D eigenvalue weighted by Crippen LogP contribution is 2.62. The minimum absolute atomic E-state index is 0.0228. The molecule has 14 nitrogen and oxygen atoms in total. The average molecular weight is 851 g/mol. The van der Waals surface area contributed by atoms with E-state index in [-0.39, 0.29) is 62.1 Å². The van der Waals surface area contributed by atoms with E-state index < -0.39 is 28.8 Å². The first-order valence-corrected chi connectivity index (χ1v) is 21.5. The summed E-state index contributed by atoms with van der Waals surface area (Å²) in [7, 11) is 1.50. The average Bonchev–Trinajstić information content (AvgIpc) is 3.28. The Labute approximate surface area is 363 Å². The number of hydrogen-bond donors (Lipinski definition) is 3. The molecule has 6 atom stereocenters. The van der Waals surface area contributed by atoms with Gasteiger partial charge in [-0.3, -0.25) is 14.9 Å². The second kappa shape index (κ2) is 21.8. The molecule has 3 aliphatic rings. The van der Waals surface area contributed by atoms with Gasteiger partial charge in [-0.1, -0.05) is 67.4 Å². The van der Waals surface area contributed by atoms with Gasteiger partial charge in [0.05, 0.1) is 23.2 Å². The highest BCUT2D eigenvalue weighted by atomic mass is 16.7. The Morgan fingerprint density at radius 2 is 1.79 bits per heavy atom. The summed E-state index contributed by atoms with van der Waals surface area (Å²) >= 11 is 0. The van der Waals surface area contributed by atoms with Gasteiger partial charge >= 0.3 is 6.09 Å². The van der Waals surface area contributed by atoms with Crippen LogP contribution in [0, 0.1) is 27.9 Å². The van der Waals surface area contributed by atoms with Crippen LogP contribution in [0.3, 0.4) is 0 Å². The first-order valence-electron chi connectivity index (χ1n) is 21.5. The maximum Gasteiger partial charge on any atom is 0.412 e. The molecule has 0 radical (unpaired) electrons. The number of nitrogens with one attached hydrogen (secondary N) is 1. The van der Waals surface area contributed by atoms with Crippen molar-refractivity contribution in [3.8, 4) is 11.5 Å². The lowest BCUT2D eigenvalue weighted by atomic mass is 9.55. The molecule has 1 aliphatic heterocycles. The Bertz CT molecular complexity index is 2110. The van der Waals surface area contributed by atoms with Gasteiger partial charge in [0.2, 0.25) is 11.7 Å². The van der Waals surface area contributed by atoms with Crippen LogP contribution in [0.1, 0.15) is 80.9 Å². The van der Waals surface area contributed by atoms with E-state index >= 15 is 0 Å². The third-order valence-electron chi connectivity index (χ3n) is 12.0. The van der Waals surface area contributed by atoms with Gasteiger partial charge in [-0.25, -0.2) is 4.79 Å². The first-order chi connectivity index (χ1) is 30.2. The smallest absolute Gasteiger partial charge is 0.412 e. The van der Waals surface area contributed by atoms with Gasteiger partial charge in [-0.2, -0.15) is 0 Å². The van der Waals surface area contributed by atoms with Crippen LogP contribution in [0.15, 0.2) is 108 Å². The van der Waals surface area contributed by atoms with Crippen LogP contribution in [0.5, 0.6) is 11.5 Å². The van der Waals surface area contributed by atoms with Gasteiger partial charge in [0.15, 0.2) is 0 Å². The first kappa shape index (κ1) is 45.7. The zero-order valence-corrected chi connectivity index (χ0v) is 35.5. The SMILES string of the molecule is C=CCO[C@@]12Oc3ccc(OC(=O)NCc4ccccc4)cc3[C@H]3[C@H](CCCCO)[C@@H](CCCCO)C=C(C(=NOC)C[C@@H]1N(CCC)C(=O)C=Cc1ccc([N+](=O)[O-])cc1)[C@H]32. The molecule has 0 spiro atoms. The molecule has 0 bridgehead atoms. The normalized spacial score (nSPS) is 23.1. The van der Waals surface area contributed by atoms with E-state index in [1.807, 2.05) is 43.3 Å². The zero-order chi connectivity index (χ0) is 44.1. The monoisotopic (exact) mass is 850 g/mol. The van der Waals surface area contributed by atoms with Crippen molar-refractivity contribution in [1.82, 2.24) is 10.2 Å². The lowest BCUT2D eigenvalue weighted by Gasteiger charge is -2.60. The topological polar surface area (TPSA) is 182 Å². The third-order valence-corrected chi connectivity index (χ3v) is 12.0. The van der Waals surface area contributed by atoms with Crippen molar-refractivity contribution in [3.63, 3.8) is 0 Å². The zero-order valence-electron chi connectivity index (χ0n) is 35.5. The summed E-state index contributed by atoms with van der Waals surface area (Å²) in [6, 6.07) is 20.2.